The van der Waals surface area contributed by atoms with Crippen molar-refractivity contribution in [1.29, 1.82) is 0 Å². The Balaban J connectivity index is 2.61. The molecule has 0 radical (unpaired) electrons. The second-order valence-electron chi connectivity index (χ2n) is 3.58. The molecule has 0 saturated heterocycles. The zero-order chi connectivity index (χ0) is 14.0. The van der Waals surface area contributed by atoms with Gasteiger partial charge in [-0.3, -0.25) is 4.79 Å². The Morgan fingerprint density at radius 3 is 2.79 bits per heavy atom. The van der Waals surface area contributed by atoms with Crippen molar-refractivity contribution in [3.8, 4) is 17.3 Å². The molecule has 0 aliphatic rings. The lowest BCUT2D eigenvalue weighted by molar-refractivity contribution is 0.0996. The summed E-state index contributed by atoms with van der Waals surface area (Å²) in [6.07, 6.45) is 1.17. The molecular weight excluding hydrogens is 273 g/mol. The number of halogens is 2. The molecular formula is C12H9ClFN3O2. The number of primary amides is 1. The third kappa shape index (κ3) is 2.48. The first kappa shape index (κ1) is 13.2. The molecule has 2 aromatic rings. The summed E-state index contributed by atoms with van der Waals surface area (Å²) in [4.78, 5) is 19.0. The van der Waals surface area contributed by atoms with Crippen LogP contribution in [0.1, 0.15) is 10.4 Å². The molecule has 0 unspecified atom stereocenters. The van der Waals surface area contributed by atoms with Crippen LogP contribution in [-0.2, 0) is 0 Å². The largest absolute Gasteiger partial charge is 0.480 e. The summed E-state index contributed by atoms with van der Waals surface area (Å²) in [6.45, 7) is 0. The number of nitrogens with two attached hydrogens (primary N) is 1. The number of nitrogens with zero attached hydrogens (tertiary/aromatic N) is 2. The highest BCUT2D eigenvalue weighted by Gasteiger charge is 2.17. The van der Waals surface area contributed by atoms with Gasteiger partial charge in [-0.15, -0.1) is 0 Å². The topological polar surface area (TPSA) is 78.1 Å². The molecule has 7 heteroatoms. The number of hydrogen-bond donors (Lipinski definition) is 1. The van der Waals surface area contributed by atoms with Crippen LogP contribution in [0.5, 0.6) is 5.88 Å². The molecule has 0 aliphatic heterocycles. The van der Waals surface area contributed by atoms with Crippen molar-refractivity contribution in [2.75, 3.05) is 7.11 Å². The quantitative estimate of drug-likeness (QED) is 0.934. The maximum absolute atomic E-state index is 13.7. The van der Waals surface area contributed by atoms with E-state index >= 15 is 0 Å². The zero-order valence-corrected chi connectivity index (χ0v) is 10.6. The average Bonchev–Trinajstić information content (AvgIpc) is 2.38. The molecule has 2 rings (SSSR count). The molecule has 0 fully saturated rings. The standard InChI is InChI=1S/C12H9ClFN3O2/c1-19-12-6(10(15)18)5-16-11(17-12)9-7(13)3-2-4-8(9)14/h2-5H,1H3,(H2,15,18). The van der Waals surface area contributed by atoms with E-state index in [-0.39, 0.29) is 27.9 Å². The minimum Gasteiger partial charge on any atom is -0.480 e. The van der Waals surface area contributed by atoms with E-state index in [1.165, 1.54) is 31.5 Å². The molecule has 1 aromatic heterocycles. The lowest BCUT2D eigenvalue weighted by Crippen LogP contribution is -2.14. The fourth-order valence-corrected chi connectivity index (χ4v) is 1.77. The first-order valence-electron chi connectivity index (χ1n) is 5.19. The number of carbonyl (C=O) groups excluding carboxylic acids is 1. The Morgan fingerprint density at radius 2 is 2.21 bits per heavy atom. The van der Waals surface area contributed by atoms with Crippen LogP contribution in [0.25, 0.3) is 11.4 Å². The molecule has 98 valence electrons. The first-order valence-corrected chi connectivity index (χ1v) is 5.57. The first-order chi connectivity index (χ1) is 9.04. The van der Waals surface area contributed by atoms with Crippen molar-refractivity contribution in [2.45, 2.75) is 0 Å². The number of carbonyl (C=O) groups is 1. The van der Waals surface area contributed by atoms with Gasteiger partial charge in [0, 0.05) is 6.20 Å². The van der Waals surface area contributed by atoms with Crippen LogP contribution in [0.4, 0.5) is 4.39 Å². The zero-order valence-electron chi connectivity index (χ0n) is 9.85. The average molecular weight is 282 g/mol. The molecule has 1 amide bonds. The van der Waals surface area contributed by atoms with Crippen molar-refractivity contribution in [1.82, 2.24) is 9.97 Å². The van der Waals surface area contributed by atoms with Crippen LogP contribution in [0, 0.1) is 5.82 Å². The van der Waals surface area contributed by atoms with Gasteiger partial charge in [-0.25, -0.2) is 9.37 Å². The highest BCUT2D eigenvalue weighted by molar-refractivity contribution is 6.33. The number of rotatable bonds is 3. The van der Waals surface area contributed by atoms with Crippen LogP contribution < -0.4 is 10.5 Å². The maximum atomic E-state index is 13.7. The lowest BCUT2D eigenvalue weighted by Gasteiger charge is -2.08. The van der Waals surface area contributed by atoms with Gasteiger partial charge >= 0.3 is 0 Å². The van der Waals surface area contributed by atoms with Crippen LogP contribution in [0.2, 0.25) is 5.02 Å². The van der Waals surface area contributed by atoms with Gasteiger partial charge in [0.05, 0.1) is 17.7 Å². The Kier molecular flexibility index (Phi) is 3.62. The molecule has 0 bridgehead atoms. The Morgan fingerprint density at radius 1 is 1.47 bits per heavy atom. The molecule has 0 saturated carbocycles. The summed E-state index contributed by atoms with van der Waals surface area (Å²) in [5.41, 5.74) is 5.19. The predicted octanol–water partition coefficient (Wildman–Crippen LogP) is 2.04. The number of amides is 1. The number of hydrogen-bond acceptors (Lipinski definition) is 4. The summed E-state index contributed by atoms with van der Waals surface area (Å²) >= 11 is 5.91. The summed E-state index contributed by atoms with van der Waals surface area (Å²) in [5.74, 6) is -1.31. The Bertz CT molecular complexity index is 629. The third-order valence-electron chi connectivity index (χ3n) is 2.40. The molecule has 0 aliphatic carbocycles. The summed E-state index contributed by atoms with van der Waals surface area (Å²) in [7, 11) is 1.32. The number of ether oxygens (including phenoxy) is 1. The monoisotopic (exact) mass is 281 g/mol. The van der Waals surface area contributed by atoms with E-state index in [2.05, 4.69) is 9.97 Å². The maximum Gasteiger partial charge on any atom is 0.255 e. The van der Waals surface area contributed by atoms with Gasteiger partial charge in [0.15, 0.2) is 5.82 Å². The Hall–Kier alpha value is -2.21. The SMILES string of the molecule is COc1nc(-c2c(F)cccc2Cl)ncc1C(N)=O. The van der Waals surface area contributed by atoms with Gasteiger partial charge in [-0.2, -0.15) is 4.98 Å². The third-order valence-corrected chi connectivity index (χ3v) is 2.71. The molecule has 1 heterocycles. The molecule has 19 heavy (non-hydrogen) atoms. The second kappa shape index (κ2) is 5.19. The molecule has 2 N–H and O–H groups in total. The van der Waals surface area contributed by atoms with E-state index in [1.54, 1.807) is 0 Å². The van der Waals surface area contributed by atoms with Crippen molar-refractivity contribution in [2.24, 2.45) is 5.73 Å². The second-order valence-corrected chi connectivity index (χ2v) is 3.98. The van der Waals surface area contributed by atoms with E-state index in [0.717, 1.165) is 0 Å². The van der Waals surface area contributed by atoms with E-state index < -0.39 is 11.7 Å². The molecule has 5 nitrogen and oxygen atoms in total. The normalized spacial score (nSPS) is 10.3. The van der Waals surface area contributed by atoms with Crippen LogP contribution >= 0.6 is 11.6 Å². The van der Waals surface area contributed by atoms with Crippen LogP contribution in [-0.4, -0.2) is 23.0 Å². The lowest BCUT2D eigenvalue weighted by atomic mass is 10.2. The van der Waals surface area contributed by atoms with E-state index in [0.29, 0.717) is 0 Å². The molecule has 0 spiro atoms. The van der Waals surface area contributed by atoms with Crippen molar-refractivity contribution in [3.05, 3.63) is 40.8 Å². The number of methoxy groups -OCH3 is 1. The van der Waals surface area contributed by atoms with E-state index in [9.17, 15) is 9.18 Å². The van der Waals surface area contributed by atoms with Crippen LogP contribution in [0.15, 0.2) is 24.4 Å². The van der Waals surface area contributed by atoms with Crippen LogP contribution in [0.3, 0.4) is 0 Å². The predicted molar refractivity (Wildman–Crippen MR) is 67.5 cm³/mol. The van der Waals surface area contributed by atoms with E-state index in [1.807, 2.05) is 0 Å². The highest BCUT2D eigenvalue weighted by Crippen LogP contribution is 2.29. The van der Waals surface area contributed by atoms with Crippen molar-refractivity contribution >= 4 is 17.5 Å². The van der Waals surface area contributed by atoms with Crippen molar-refractivity contribution < 1.29 is 13.9 Å². The van der Waals surface area contributed by atoms with Gasteiger partial charge in [-0.05, 0) is 12.1 Å². The van der Waals surface area contributed by atoms with Gasteiger partial charge < -0.3 is 10.5 Å². The minimum absolute atomic E-state index is 0.0127. The van der Waals surface area contributed by atoms with Gasteiger partial charge in [-0.1, -0.05) is 17.7 Å². The summed E-state index contributed by atoms with van der Waals surface area (Å²) < 4.78 is 18.7. The van der Waals surface area contributed by atoms with Gasteiger partial charge in [0.25, 0.3) is 5.91 Å². The number of aromatic nitrogens is 2. The van der Waals surface area contributed by atoms with Crippen molar-refractivity contribution in [3.63, 3.8) is 0 Å². The molecule has 0 atom stereocenters. The fourth-order valence-electron chi connectivity index (χ4n) is 1.52. The Labute approximate surface area is 113 Å². The summed E-state index contributed by atoms with van der Waals surface area (Å²) in [5, 5.41) is 0.161. The minimum atomic E-state index is -0.733. The fraction of sp³-hybridized carbons (Fsp3) is 0.0833. The number of benzene rings is 1. The van der Waals surface area contributed by atoms with E-state index in [4.69, 9.17) is 22.1 Å². The molecule has 1 aromatic carbocycles. The highest BCUT2D eigenvalue weighted by atomic mass is 35.5. The summed E-state index contributed by atoms with van der Waals surface area (Å²) in [6, 6.07) is 4.22. The smallest absolute Gasteiger partial charge is 0.255 e. The van der Waals surface area contributed by atoms with Gasteiger partial charge in [0.1, 0.15) is 11.4 Å². The van der Waals surface area contributed by atoms with Gasteiger partial charge in [0.2, 0.25) is 5.88 Å².